The molecule has 2 aromatic carbocycles. The first-order valence-corrected chi connectivity index (χ1v) is 10.4. The highest BCUT2D eigenvalue weighted by atomic mass is 32.1. The van der Waals surface area contributed by atoms with Gasteiger partial charge in [0.15, 0.2) is 5.13 Å². The van der Waals surface area contributed by atoms with Gasteiger partial charge < -0.3 is 14.6 Å². The summed E-state index contributed by atoms with van der Waals surface area (Å²) in [5.74, 6) is 1.31. The number of hydrogen-bond donors (Lipinski definition) is 1. The zero-order chi connectivity index (χ0) is 19.5. The Labute approximate surface area is 169 Å². The van der Waals surface area contributed by atoms with Gasteiger partial charge in [0.2, 0.25) is 5.91 Å². The Balaban J connectivity index is 1.42. The van der Waals surface area contributed by atoms with Crippen LogP contribution in [0.2, 0.25) is 0 Å². The lowest BCUT2D eigenvalue weighted by molar-refractivity contribution is -0.116. The molecule has 28 heavy (non-hydrogen) atoms. The second-order valence-corrected chi connectivity index (χ2v) is 8.01. The summed E-state index contributed by atoms with van der Waals surface area (Å²) in [6, 6.07) is 15.2. The SMILES string of the molecule is Cc1csc(=O)n1CCC(=O)Nc1nc2ccc(Oc3ccccc3)cc2s1. The number of amides is 1. The number of rotatable bonds is 6. The number of anilines is 1. The fourth-order valence-electron chi connectivity index (χ4n) is 2.72. The molecule has 0 saturated heterocycles. The quantitative estimate of drug-likeness (QED) is 0.501. The minimum Gasteiger partial charge on any atom is -0.457 e. The molecule has 1 N–H and O–H groups in total. The molecule has 4 aromatic rings. The molecule has 0 aliphatic heterocycles. The van der Waals surface area contributed by atoms with E-state index < -0.39 is 0 Å². The summed E-state index contributed by atoms with van der Waals surface area (Å²) < 4.78 is 8.37. The first kappa shape index (κ1) is 18.4. The molecule has 0 spiro atoms. The molecular weight excluding hydrogens is 394 g/mol. The van der Waals surface area contributed by atoms with Crippen LogP contribution in [0.3, 0.4) is 0 Å². The lowest BCUT2D eigenvalue weighted by atomic mass is 10.3. The summed E-state index contributed by atoms with van der Waals surface area (Å²) in [6.45, 7) is 2.22. The van der Waals surface area contributed by atoms with Crippen LogP contribution >= 0.6 is 22.7 Å². The number of aromatic nitrogens is 2. The fraction of sp³-hybridized carbons (Fsp3) is 0.150. The number of nitrogens with zero attached hydrogens (tertiary/aromatic N) is 2. The number of ether oxygens (including phenoxy) is 1. The van der Waals surface area contributed by atoms with Crippen molar-refractivity contribution in [2.75, 3.05) is 5.32 Å². The van der Waals surface area contributed by atoms with Crippen LogP contribution in [0.25, 0.3) is 10.2 Å². The van der Waals surface area contributed by atoms with Crippen molar-refractivity contribution in [1.82, 2.24) is 9.55 Å². The summed E-state index contributed by atoms with van der Waals surface area (Å²) in [4.78, 5) is 28.4. The van der Waals surface area contributed by atoms with Gasteiger partial charge >= 0.3 is 4.87 Å². The van der Waals surface area contributed by atoms with E-state index in [0.29, 0.717) is 17.4 Å². The maximum atomic E-state index is 12.2. The average Bonchev–Trinajstić information content (AvgIpc) is 3.22. The van der Waals surface area contributed by atoms with E-state index in [9.17, 15) is 9.59 Å². The maximum absolute atomic E-state index is 12.2. The third-order valence-electron chi connectivity index (χ3n) is 4.12. The first-order valence-electron chi connectivity index (χ1n) is 8.67. The second kappa shape index (κ2) is 7.95. The molecule has 0 radical (unpaired) electrons. The van der Waals surface area contributed by atoms with Crippen LogP contribution < -0.4 is 14.9 Å². The molecule has 0 fully saturated rings. The van der Waals surface area contributed by atoms with Crippen molar-refractivity contribution in [3.63, 3.8) is 0 Å². The predicted octanol–water partition coefficient (Wildman–Crippen LogP) is 4.65. The number of benzene rings is 2. The topological polar surface area (TPSA) is 73.2 Å². The van der Waals surface area contributed by atoms with Gasteiger partial charge in [0.25, 0.3) is 0 Å². The van der Waals surface area contributed by atoms with E-state index in [1.165, 1.54) is 11.3 Å². The molecule has 0 bridgehead atoms. The molecular formula is C20H17N3O3S2. The van der Waals surface area contributed by atoms with Gasteiger partial charge in [0.1, 0.15) is 11.5 Å². The zero-order valence-electron chi connectivity index (χ0n) is 15.0. The molecule has 142 valence electrons. The summed E-state index contributed by atoms with van der Waals surface area (Å²) in [6.07, 6.45) is 0.218. The number of aryl methyl sites for hydroxylation is 1. The van der Waals surface area contributed by atoms with E-state index in [2.05, 4.69) is 10.3 Å². The minimum absolute atomic E-state index is 0.0452. The molecule has 0 saturated carbocycles. The minimum atomic E-state index is -0.169. The number of fused-ring (bicyclic) bond motifs is 1. The number of thiazole rings is 2. The number of para-hydroxylation sites is 1. The Bertz CT molecular complexity index is 1180. The van der Waals surface area contributed by atoms with Crippen molar-refractivity contribution in [2.45, 2.75) is 19.9 Å². The van der Waals surface area contributed by atoms with Gasteiger partial charge in [-0.25, -0.2) is 4.98 Å². The van der Waals surface area contributed by atoms with Gasteiger partial charge in [0.05, 0.1) is 10.2 Å². The predicted molar refractivity (Wildman–Crippen MR) is 113 cm³/mol. The smallest absolute Gasteiger partial charge is 0.307 e. The molecule has 0 aliphatic carbocycles. The van der Waals surface area contributed by atoms with E-state index in [4.69, 9.17) is 4.74 Å². The number of carbonyl (C=O) groups excluding carboxylic acids is 1. The van der Waals surface area contributed by atoms with E-state index in [1.807, 2.05) is 55.5 Å². The Morgan fingerprint density at radius 3 is 2.75 bits per heavy atom. The summed E-state index contributed by atoms with van der Waals surface area (Å²) in [7, 11) is 0. The summed E-state index contributed by atoms with van der Waals surface area (Å²) >= 11 is 2.54. The third kappa shape index (κ3) is 4.13. The molecule has 0 unspecified atom stereocenters. The fourth-order valence-corrected chi connectivity index (χ4v) is 4.39. The van der Waals surface area contributed by atoms with Gasteiger partial charge in [-0.1, -0.05) is 40.9 Å². The monoisotopic (exact) mass is 411 g/mol. The number of hydrogen-bond acceptors (Lipinski definition) is 6. The van der Waals surface area contributed by atoms with E-state index >= 15 is 0 Å². The highest BCUT2D eigenvalue weighted by Crippen LogP contribution is 2.31. The molecule has 0 atom stereocenters. The van der Waals surface area contributed by atoms with Crippen LogP contribution in [0.15, 0.2) is 58.7 Å². The highest BCUT2D eigenvalue weighted by Gasteiger charge is 2.11. The van der Waals surface area contributed by atoms with Crippen molar-refractivity contribution >= 4 is 43.9 Å². The van der Waals surface area contributed by atoms with Crippen molar-refractivity contribution < 1.29 is 9.53 Å². The Morgan fingerprint density at radius 1 is 1.18 bits per heavy atom. The molecule has 4 rings (SSSR count). The molecule has 2 heterocycles. The maximum Gasteiger partial charge on any atom is 0.307 e. The summed E-state index contributed by atoms with van der Waals surface area (Å²) in [5, 5.41) is 5.15. The third-order valence-corrected chi connectivity index (χ3v) is 5.94. The standard InChI is InChI=1S/C20H17N3O3S2/c1-13-12-27-20(25)23(13)10-9-18(24)22-19-21-16-8-7-15(11-17(16)28-19)26-14-5-3-2-4-6-14/h2-8,11-12H,9-10H2,1H3,(H,21,22,24). The summed E-state index contributed by atoms with van der Waals surface area (Å²) in [5.41, 5.74) is 1.67. The van der Waals surface area contributed by atoms with Crippen LogP contribution in [0.4, 0.5) is 5.13 Å². The van der Waals surface area contributed by atoms with Crippen LogP contribution in [0.5, 0.6) is 11.5 Å². The molecule has 2 aromatic heterocycles. The van der Waals surface area contributed by atoms with Gasteiger partial charge in [-0.2, -0.15) is 0 Å². The van der Waals surface area contributed by atoms with Gasteiger partial charge in [-0.3, -0.25) is 9.59 Å². The lowest BCUT2D eigenvalue weighted by Crippen LogP contribution is -2.20. The molecule has 8 heteroatoms. The second-order valence-electron chi connectivity index (χ2n) is 6.16. The van der Waals surface area contributed by atoms with Gasteiger partial charge in [0, 0.05) is 30.1 Å². The first-order chi connectivity index (χ1) is 13.6. The van der Waals surface area contributed by atoms with Crippen LogP contribution in [0, 0.1) is 6.92 Å². The zero-order valence-corrected chi connectivity index (χ0v) is 16.7. The largest absolute Gasteiger partial charge is 0.457 e. The Morgan fingerprint density at radius 2 is 2.00 bits per heavy atom. The average molecular weight is 412 g/mol. The van der Waals surface area contributed by atoms with Crippen molar-refractivity contribution in [2.24, 2.45) is 0 Å². The molecule has 1 amide bonds. The highest BCUT2D eigenvalue weighted by molar-refractivity contribution is 7.22. The Hall–Kier alpha value is -2.97. The van der Waals surface area contributed by atoms with Gasteiger partial charge in [-0.05, 0) is 31.2 Å². The normalized spacial score (nSPS) is 10.9. The van der Waals surface area contributed by atoms with Gasteiger partial charge in [-0.15, -0.1) is 0 Å². The molecule has 0 aliphatic rings. The Kier molecular flexibility index (Phi) is 5.23. The molecule has 6 nitrogen and oxygen atoms in total. The van der Waals surface area contributed by atoms with Crippen LogP contribution in [0.1, 0.15) is 12.1 Å². The lowest BCUT2D eigenvalue weighted by Gasteiger charge is -2.04. The number of nitrogens with one attached hydrogen (secondary N) is 1. The van der Waals surface area contributed by atoms with Crippen LogP contribution in [-0.4, -0.2) is 15.5 Å². The van der Waals surface area contributed by atoms with E-state index in [0.717, 1.165) is 33.0 Å². The van der Waals surface area contributed by atoms with Crippen molar-refractivity contribution in [3.05, 3.63) is 69.3 Å². The van der Waals surface area contributed by atoms with Crippen LogP contribution in [-0.2, 0) is 11.3 Å². The van der Waals surface area contributed by atoms with E-state index in [1.54, 1.807) is 9.95 Å². The van der Waals surface area contributed by atoms with Crippen molar-refractivity contribution in [1.29, 1.82) is 0 Å². The van der Waals surface area contributed by atoms with Crippen molar-refractivity contribution in [3.8, 4) is 11.5 Å². The number of carbonyl (C=O) groups is 1. The van der Waals surface area contributed by atoms with E-state index in [-0.39, 0.29) is 17.2 Å².